The molecule has 0 saturated carbocycles. The van der Waals surface area contributed by atoms with E-state index < -0.39 is 0 Å². The van der Waals surface area contributed by atoms with E-state index in [0.29, 0.717) is 12.6 Å². The molecular weight excluding hydrogens is 282 g/mol. The first-order valence-electron chi connectivity index (χ1n) is 7.23. The summed E-state index contributed by atoms with van der Waals surface area (Å²) < 4.78 is 10.9. The Morgan fingerprint density at radius 3 is 2.62 bits per heavy atom. The lowest BCUT2D eigenvalue weighted by Crippen LogP contribution is -2.17. The number of nitrogens with one attached hydrogen (secondary N) is 1. The highest BCUT2D eigenvalue weighted by atomic mass is 32.1. The lowest BCUT2D eigenvalue weighted by molar-refractivity contribution is 0.310. The molecule has 21 heavy (non-hydrogen) atoms. The third kappa shape index (κ3) is 4.22. The topological polar surface area (TPSA) is 30.5 Å². The van der Waals surface area contributed by atoms with Crippen molar-refractivity contribution in [3.8, 4) is 11.5 Å². The van der Waals surface area contributed by atoms with E-state index in [1.54, 1.807) is 7.11 Å². The van der Waals surface area contributed by atoms with Gasteiger partial charge in [0.25, 0.3) is 0 Å². The van der Waals surface area contributed by atoms with Gasteiger partial charge in [-0.3, -0.25) is 0 Å². The summed E-state index contributed by atoms with van der Waals surface area (Å²) in [6.45, 7) is 7.75. The molecule has 1 atom stereocenters. The molecule has 0 bridgehead atoms. The predicted octanol–water partition coefficient (Wildman–Crippen LogP) is 4.31. The van der Waals surface area contributed by atoms with Crippen molar-refractivity contribution in [2.75, 3.05) is 13.7 Å². The maximum absolute atomic E-state index is 5.61. The Hall–Kier alpha value is -1.52. The van der Waals surface area contributed by atoms with Gasteiger partial charge >= 0.3 is 0 Å². The molecule has 0 fully saturated rings. The van der Waals surface area contributed by atoms with Crippen LogP contribution >= 0.6 is 11.3 Å². The molecule has 1 N–H and O–H groups in total. The average molecular weight is 305 g/mol. The van der Waals surface area contributed by atoms with Crippen molar-refractivity contribution in [2.45, 2.75) is 33.4 Å². The first-order valence-corrected chi connectivity index (χ1v) is 8.05. The largest absolute Gasteiger partial charge is 0.493 e. The van der Waals surface area contributed by atoms with Crippen LogP contribution in [0.2, 0.25) is 0 Å². The fraction of sp³-hybridized carbons (Fsp3) is 0.412. The quantitative estimate of drug-likeness (QED) is 0.826. The molecule has 0 aliphatic rings. The van der Waals surface area contributed by atoms with Gasteiger partial charge in [-0.05, 0) is 50.6 Å². The number of ether oxygens (including phenoxy) is 2. The molecule has 0 spiro atoms. The summed E-state index contributed by atoms with van der Waals surface area (Å²) in [5.41, 5.74) is 1.19. The van der Waals surface area contributed by atoms with Crippen LogP contribution in [0.25, 0.3) is 0 Å². The highest BCUT2D eigenvalue weighted by Crippen LogP contribution is 2.28. The Kier molecular flexibility index (Phi) is 5.65. The van der Waals surface area contributed by atoms with Crippen LogP contribution in [0, 0.1) is 6.92 Å². The molecule has 0 radical (unpaired) electrons. The number of hydrogen-bond donors (Lipinski definition) is 1. The number of hydrogen-bond acceptors (Lipinski definition) is 4. The number of thiophene rings is 1. The molecular formula is C17H23NO2S. The van der Waals surface area contributed by atoms with Gasteiger partial charge in [-0.25, -0.2) is 0 Å². The summed E-state index contributed by atoms with van der Waals surface area (Å²) in [5, 5.41) is 3.55. The molecule has 0 amide bonds. The molecule has 3 nitrogen and oxygen atoms in total. The first kappa shape index (κ1) is 15.9. The molecule has 2 aromatic rings. The fourth-order valence-electron chi connectivity index (χ4n) is 2.16. The van der Waals surface area contributed by atoms with Crippen molar-refractivity contribution >= 4 is 11.3 Å². The van der Waals surface area contributed by atoms with Crippen molar-refractivity contribution in [3.63, 3.8) is 0 Å². The molecule has 0 aliphatic carbocycles. The minimum atomic E-state index is 0.348. The number of benzene rings is 1. The molecule has 1 unspecified atom stereocenters. The molecule has 1 aromatic carbocycles. The van der Waals surface area contributed by atoms with Gasteiger partial charge in [-0.2, -0.15) is 0 Å². The molecule has 2 rings (SSSR count). The van der Waals surface area contributed by atoms with Crippen molar-refractivity contribution < 1.29 is 9.47 Å². The molecule has 1 aromatic heterocycles. The van der Waals surface area contributed by atoms with E-state index >= 15 is 0 Å². The van der Waals surface area contributed by atoms with Gasteiger partial charge in [0.05, 0.1) is 13.7 Å². The fourth-order valence-corrected chi connectivity index (χ4v) is 3.06. The van der Waals surface area contributed by atoms with E-state index in [2.05, 4.69) is 37.4 Å². The average Bonchev–Trinajstić information content (AvgIpc) is 2.92. The number of rotatable bonds is 7. The summed E-state index contributed by atoms with van der Waals surface area (Å²) in [5.74, 6) is 1.58. The summed E-state index contributed by atoms with van der Waals surface area (Å²) in [7, 11) is 1.66. The normalized spacial score (nSPS) is 12.2. The van der Waals surface area contributed by atoms with Crippen LogP contribution in [0.5, 0.6) is 11.5 Å². The zero-order valence-corrected chi connectivity index (χ0v) is 13.9. The van der Waals surface area contributed by atoms with E-state index in [9.17, 15) is 0 Å². The van der Waals surface area contributed by atoms with Crippen molar-refractivity contribution in [2.24, 2.45) is 0 Å². The molecule has 1 heterocycles. The standard InChI is InChI=1S/C17H23NO2S/c1-5-20-16-10-14(7-8-15(16)19-4)11-18-13(3)17-9-6-12(2)21-17/h6-10,13,18H,5,11H2,1-4H3. The van der Waals surface area contributed by atoms with Crippen LogP contribution in [0.3, 0.4) is 0 Å². The lowest BCUT2D eigenvalue weighted by atomic mass is 10.2. The Morgan fingerprint density at radius 1 is 1.19 bits per heavy atom. The molecule has 0 aliphatic heterocycles. The second kappa shape index (κ2) is 7.48. The molecule has 114 valence electrons. The van der Waals surface area contributed by atoms with Crippen molar-refractivity contribution in [1.82, 2.24) is 5.32 Å². The summed E-state index contributed by atoms with van der Waals surface area (Å²) in [4.78, 5) is 2.72. The van der Waals surface area contributed by atoms with Gasteiger partial charge in [0.15, 0.2) is 11.5 Å². The Labute approximate surface area is 130 Å². The third-order valence-corrected chi connectivity index (χ3v) is 4.51. The van der Waals surface area contributed by atoms with Gasteiger partial charge in [0.1, 0.15) is 0 Å². The first-order chi connectivity index (χ1) is 10.1. The Balaban J connectivity index is 2.01. The minimum absolute atomic E-state index is 0.348. The van der Waals surface area contributed by atoms with Gasteiger partial charge in [-0.1, -0.05) is 6.07 Å². The van der Waals surface area contributed by atoms with Crippen molar-refractivity contribution in [3.05, 3.63) is 45.6 Å². The van der Waals surface area contributed by atoms with Gasteiger partial charge in [0.2, 0.25) is 0 Å². The smallest absolute Gasteiger partial charge is 0.161 e. The monoisotopic (exact) mass is 305 g/mol. The molecule has 4 heteroatoms. The summed E-state index contributed by atoms with van der Waals surface area (Å²) in [6.07, 6.45) is 0. The summed E-state index contributed by atoms with van der Waals surface area (Å²) >= 11 is 1.84. The second-order valence-corrected chi connectivity index (χ2v) is 6.29. The highest BCUT2D eigenvalue weighted by Gasteiger charge is 2.09. The number of methoxy groups -OCH3 is 1. The van der Waals surface area contributed by atoms with E-state index in [1.807, 2.05) is 30.4 Å². The van der Waals surface area contributed by atoms with Crippen LogP contribution in [-0.4, -0.2) is 13.7 Å². The van der Waals surface area contributed by atoms with E-state index in [4.69, 9.17) is 9.47 Å². The summed E-state index contributed by atoms with van der Waals surface area (Å²) in [6, 6.07) is 10.8. The van der Waals surface area contributed by atoms with Crippen LogP contribution < -0.4 is 14.8 Å². The van der Waals surface area contributed by atoms with Gasteiger partial charge < -0.3 is 14.8 Å². The Bertz CT molecular complexity index is 580. The van der Waals surface area contributed by atoms with Crippen LogP contribution in [0.15, 0.2) is 30.3 Å². The highest BCUT2D eigenvalue weighted by molar-refractivity contribution is 7.12. The van der Waals surface area contributed by atoms with Crippen LogP contribution in [0.4, 0.5) is 0 Å². The predicted molar refractivity (Wildman–Crippen MR) is 88.5 cm³/mol. The maximum atomic E-state index is 5.61. The lowest BCUT2D eigenvalue weighted by Gasteiger charge is -2.14. The van der Waals surface area contributed by atoms with Crippen molar-refractivity contribution in [1.29, 1.82) is 0 Å². The van der Waals surface area contributed by atoms with Crippen LogP contribution in [-0.2, 0) is 6.54 Å². The van der Waals surface area contributed by atoms with Gasteiger partial charge in [-0.15, -0.1) is 11.3 Å². The zero-order chi connectivity index (χ0) is 15.2. The Morgan fingerprint density at radius 2 is 2.00 bits per heavy atom. The second-order valence-electron chi connectivity index (χ2n) is 4.97. The van der Waals surface area contributed by atoms with E-state index in [1.165, 1.54) is 15.3 Å². The SMILES string of the molecule is CCOc1cc(CNC(C)c2ccc(C)s2)ccc1OC. The van der Waals surface area contributed by atoms with E-state index in [0.717, 1.165) is 18.0 Å². The molecule has 0 saturated heterocycles. The minimum Gasteiger partial charge on any atom is -0.493 e. The number of aryl methyl sites for hydroxylation is 1. The zero-order valence-electron chi connectivity index (χ0n) is 13.1. The van der Waals surface area contributed by atoms with Gasteiger partial charge in [0, 0.05) is 22.3 Å². The third-order valence-electron chi connectivity index (χ3n) is 3.33. The van der Waals surface area contributed by atoms with E-state index in [-0.39, 0.29) is 0 Å². The van der Waals surface area contributed by atoms with Crippen LogP contribution in [0.1, 0.15) is 35.2 Å². The maximum Gasteiger partial charge on any atom is 0.161 e.